The number of amides is 1. The maximum absolute atomic E-state index is 11.7. The normalized spacial score (nSPS) is 22.1. The van der Waals surface area contributed by atoms with Crippen LogP contribution in [-0.4, -0.2) is 42.2 Å². The van der Waals surface area contributed by atoms with Gasteiger partial charge in [-0.05, 0) is 37.1 Å². The summed E-state index contributed by atoms with van der Waals surface area (Å²) in [6.45, 7) is 8.08. The number of hydrogen-bond acceptors (Lipinski definition) is 4. The molecule has 1 N–H and O–H groups in total. The summed E-state index contributed by atoms with van der Waals surface area (Å²) in [6.07, 6.45) is 1.59. The van der Waals surface area contributed by atoms with E-state index in [9.17, 15) is 4.79 Å². The Morgan fingerprint density at radius 1 is 1.07 bits per heavy atom. The molecule has 0 unspecified atom stereocenters. The number of aliphatic imine (C=N–C) groups is 1. The van der Waals surface area contributed by atoms with Crippen LogP contribution in [0.4, 0.5) is 0 Å². The summed E-state index contributed by atoms with van der Waals surface area (Å²) in [5.41, 5.74) is 3.82. The van der Waals surface area contributed by atoms with Gasteiger partial charge in [-0.3, -0.25) is 9.69 Å². The van der Waals surface area contributed by atoms with Crippen LogP contribution in [0.15, 0.2) is 47.5 Å². The van der Waals surface area contributed by atoms with Gasteiger partial charge in [-0.2, -0.15) is 0 Å². The molecule has 2 heterocycles. The summed E-state index contributed by atoms with van der Waals surface area (Å²) in [6, 6.07) is 15.2. The monoisotopic (exact) mass is 363 g/mol. The predicted molar refractivity (Wildman–Crippen MR) is 106 cm³/mol. The number of piperazine rings is 1. The van der Waals surface area contributed by atoms with Crippen LogP contribution in [0.25, 0.3) is 0 Å². The minimum absolute atomic E-state index is 0.198. The van der Waals surface area contributed by atoms with E-state index in [-0.39, 0.29) is 5.91 Å². The Kier molecular flexibility index (Phi) is 5.05. The number of nitrogens with zero attached hydrogens (tertiary/aromatic N) is 2. The minimum atomic E-state index is -0.198. The molecule has 0 aromatic heterocycles. The Bertz CT molecular complexity index is 850. The van der Waals surface area contributed by atoms with E-state index in [1.54, 1.807) is 12.3 Å². The topological polar surface area (TPSA) is 53.9 Å². The van der Waals surface area contributed by atoms with Gasteiger partial charge in [0.2, 0.25) is 0 Å². The second-order valence-corrected chi connectivity index (χ2v) is 7.41. The molecule has 2 aliphatic rings. The van der Waals surface area contributed by atoms with Crippen LogP contribution in [0.2, 0.25) is 0 Å². The van der Waals surface area contributed by atoms with Gasteiger partial charge in [-0.25, -0.2) is 4.99 Å². The molecule has 140 valence electrons. The van der Waals surface area contributed by atoms with E-state index in [2.05, 4.69) is 53.3 Å². The first-order valence-corrected chi connectivity index (χ1v) is 9.50. The van der Waals surface area contributed by atoms with Crippen molar-refractivity contribution in [2.24, 2.45) is 4.99 Å². The van der Waals surface area contributed by atoms with Crippen molar-refractivity contribution in [3.8, 4) is 5.75 Å². The van der Waals surface area contributed by atoms with Gasteiger partial charge in [-0.15, -0.1) is 0 Å². The third-order valence-electron chi connectivity index (χ3n) is 5.40. The third-order valence-corrected chi connectivity index (χ3v) is 5.40. The molecule has 0 radical (unpaired) electrons. The molecule has 0 aliphatic carbocycles. The fraction of sp³-hybridized carbons (Fsp3) is 0.364. The maximum atomic E-state index is 11.7. The summed E-state index contributed by atoms with van der Waals surface area (Å²) >= 11 is 0. The van der Waals surface area contributed by atoms with E-state index in [4.69, 9.17) is 4.74 Å². The lowest BCUT2D eigenvalue weighted by molar-refractivity contribution is 0.101. The van der Waals surface area contributed by atoms with Gasteiger partial charge in [0, 0.05) is 43.5 Å². The quantitative estimate of drug-likeness (QED) is 0.887. The van der Waals surface area contributed by atoms with E-state index in [0.717, 1.165) is 30.8 Å². The fourth-order valence-electron chi connectivity index (χ4n) is 3.78. The van der Waals surface area contributed by atoms with Crippen molar-refractivity contribution < 1.29 is 9.53 Å². The molecule has 2 aromatic carbocycles. The summed E-state index contributed by atoms with van der Waals surface area (Å²) in [5.74, 6) is 0.505. The summed E-state index contributed by atoms with van der Waals surface area (Å²) in [5, 5.41) is 3.47. The van der Waals surface area contributed by atoms with Gasteiger partial charge in [0.05, 0.1) is 5.56 Å². The standard InChI is InChI=1S/C22H25N3O2/c1-15-10-23-11-16(2)25(15)13-17-6-8-18(9-7-17)14-27-21-5-3-4-19-20(21)12-24-22(19)26/h3-9,12,15-16,23H,10-11,13-14H2,1-2H3/t15-,16+. The van der Waals surface area contributed by atoms with E-state index >= 15 is 0 Å². The van der Waals surface area contributed by atoms with E-state index < -0.39 is 0 Å². The minimum Gasteiger partial charge on any atom is -0.488 e. The number of rotatable bonds is 5. The zero-order chi connectivity index (χ0) is 18.8. The SMILES string of the molecule is C[C@@H]1CNC[C@H](C)N1Cc1ccc(COc2cccc3c2C=NC3=O)cc1. The average molecular weight is 363 g/mol. The van der Waals surface area contributed by atoms with Crippen molar-refractivity contribution in [2.45, 2.75) is 39.1 Å². The highest BCUT2D eigenvalue weighted by atomic mass is 16.5. The van der Waals surface area contributed by atoms with Crippen molar-refractivity contribution in [3.63, 3.8) is 0 Å². The highest BCUT2D eigenvalue weighted by molar-refractivity contribution is 6.14. The van der Waals surface area contributed by atoms with Gasteiger partial charge in [0.15, 0.2) is 0 Å². The smallest absolute Gasteiger partial charge is 0.277 e. The van der Waals surface area contributed by atoms with Crippen LogP contribution in [0.3, 0.4) is 0 Å². The van der Waals surface area contributed by atoms with Crippen LogP contribution in [0, 0.1) is 0 Å². The molecule has 4 rings (SSSR count). The first-order chi connectivity index (χ1) is 13.1. The first-order valence-electron chi connectivity index (χ1n) is 9.50. The maximum Gasteiger partial charge on any atom is 0.277 e. The van der Waals surface area contributed by atoms with Crippen LogP contribution in [0.1, 0.15) is 40.9 Å². The van der Waals surface area contributed by atoms with E-state index in [1.807, 2.05) is 12.1 Å². The molecular formula is C22H25N3O2. The molecule has 1 amide bonds. The van der Waals surface area contributed by atoms with Gasteiger partial charge in [-0.1, -0.05) is 30.3 Å². The van der Waals surface area contributed by atoms with Crippen molar-refractivity contribution in [2.75, 3.05) is 13.1 Å². The summed E-state index contributed by atoms with van der Waals surface area (Å²) < 4.78 is 5.95. The Labute approximate surface area is 160 Å². The number of fused-ring (bicyclic) bond motifs is 1. The van der Waals surface area contributed by atoms with Gasteiger partial charge in [0.1, 0.15) is 12.4 Å². The lowest BCUT2D eigenvalue weighted by Gasteiger charge is -2.39. The van der Waals surface area contributed by atoms with Gasteiger partial charge in [0.25, 0.3) is 5.91 Å². The molecule has 1 saturated heterocycles. The lowest BCUT2D eigenvalue weighted by Crippen LogP contribution is -2.54. The summed E-state index contributed by atoms with van der Waals surface area (Å²) in [7, 11) is 0. The number of nitrogens with one attached hydrogen (secondary N) is 1. The van der Waals surface area contributed by atoms with Gasteiger partial charge >= 0.3 is 0 Å². The molecule has 1 fully saturated rings. The zero-order valence-electron chi connectivity index (χ0n) is 15.8. The molecule has 5 nitrogen and oxygen atoms in total. The van der Waals surface area contributed by atoms with Crippen LogP contribution >= 0.6 is 0 Å². The number of hydrogen-bond donors (Lipinski definition) is 1. The van der Waals surface area contributed by atoms with E-state index in [1.165, 1.54) is 5.56 Å². The first kappa shape index (κ1) is 17.9. The zero-order valence-corrected chi connectivity index (χ0v) is 15.8. The molecule has 0 saturated carbocycles. The Morgan fingerprint density at radius 3 is 2.52 bits per heavy atom. The van der Waals surface area contributed by atoms with Crippen LogP contribution in [-0.2, 0) is 13.2 Å². The average Bonchev–Trinajstić information content (AvgIpc) is 3.06. The largest absolute Gasteiger partial charge is 0.488 e. The van der Waals surface area contributed by atoms with E-state index in [0.29, 0.717) is 30.0 Å². The molecule has 0 bridgehead atoms. The number of carbonyl (C=O) groups excluding carboxylic acids is 1. The number of carbonyl (C=O) groups is 1. The molecule has 0 spiro atoms. The fourth-order valence-corrected chi connectivity index (χ4v) is 3.78. The molecule has 2 aliphatic heterocycles. The van der Waals surface area contributed by atoms with Crippen molar-refractivity contribution >= 4 is 12.1 Å². The second-order valence-electron chi connectivity index (χ2n) is 7.41. The predicted octanol–water partition coefficient (Wildman–Crippen LogP) is 3.02. The molecule has 2 atom stereocenters. The van der Waals surface area contributed by atoms with Crippen LogP contribution in [0.5, 0.6) is 5.75 Å². The highest BCUT2D eigenvalue weighted by Gasteiger charge is 2.24. The van der Waals surface area contributed by atoms with Crippen molar-refractivity contribution in [1.82, 2.24) is 10.2 Å². The number of ether oxygens (including phenoxy) is 1. The molecule has 27 heavy (non-hydrogen) atoms. The van der Waals surface area contributed by atoms with Crippen molar-refractivity contribution in [3.05, 3.63) is 64.7 Å². The lowest BCUT2D eigenvalue weighted by atomic mass is 10.1. The van der Waals surface area contributed by atoms with Crippen molar-refractivity contribution in [1.29, 1.82) is 0 Å². The Morgan fingerprint density at radius 2 is 1.78 bits per heavy atom. The Balaban J connectivity index is 1.39. The highest BCUT2D eigenvalue weighted by Crippen LogP contribution is 2.26. The molecular weight excluding hydrogens is 338 g/mol. The summed E-state index contributed by atoms with van der Waals surface area (Å²) in [4.78, 5) is 18.1. The molecule has 2 aromatic rings. The Hall–Kier alpha value is -2.50. The second kappa shape index (κ2) is 7.62. The molecule has 5 heteroatoms. The number of benzene rings is 2. The van der Waals surface area contributed by atoms with Gasteiger partial charge < -0.3 is 10.1 Å². The van der Waals surface area contributed by atoms with Crippen LogP contribution < -0.4 is 10.1 Å². The third kappa shape index (κ3) is 3.80.